The molecule has 0 N–H and O–H groups in total. The van der Waals surface area contributed by atoms with E-state index in [1.54, 1.807) is 17.3 Å². The van der Waals surface area contributed by atoms with Gasteiger partial charge >= 0.3 is 0 Å². The molecule has 6 rings (SSSR count). The van der Waals surface area contributed by atoms with Crippen LogP contribution in [0, 0.1) is 23.2 Å². The summed E-state index contributed by atoms with van der Waals surface area (Å²) in [5, 5.41) is 0. The minimum Gasteiger partial charge on any atom is -0.350 e. The molecule has 1 atom stereocenters. The lowest BCUT2D eigenvalue weighted by Gasteiger charge is -2.57. The van der Waals surface area contributed by atoms with Gasteiger partial charge < -0.3 is 14.4 Å². The van der Waals surface area contributed by atoms with Gasteiger partial charge in [0.15, 0.2) is 0 Å². The van der Waals surface area contributed by atoms with Gasteiger partial charge in [-0.25, -0.2) is 0 Å². The van der Waals surface area contributed by atoms with Crippen LogP contribution in [-0.4, -0.2) is 52.9 Å². The van der Waals surface area contributed by atoms with Crippen LogP contribution in [0.3, 0.4) is 0 Å². The van der Waals surface area contributed by atoms with Crippen molar-refractivity contribution < 1.29 is 9.59 Å². The predicted molar refractivity (Wildman–Crippen MR) is 138 cm³/mol. The van der Waals surface area contributed by atoms with Crippen molar-refractivity contribution in [2.75, 3.05) is 26.7 Å². The lowest BCUT2D eigenvalue weighted by atomic mass is 9.49. The van der Waals surface area contributed by atoms with Crippen molar-refractivity contribution >= 4 is 11.8 Å². The van der Waals surface area contributed by atoms with Crippen LogP contribution in [0.5, 0.6) is 0 Å². The molecule has 4 saturated carbocycles. The summed E-state index contributed by atoms with van der Waals surface area (Å²) in [7, 11) is 1.86. The van der Waals surface area contributed by atoms with E-state index < -0.39 is 5.43 Å². The van der Waals surface area contributed by atoms with Crippen LogP contribution in [0.4, 0.5) is 0 Å². The van der Waals surface area contributed by atoms with Gasteiger partial charge in [0, 0.05) is 45.1 Å². The first-order valence-corrected chi connectivity index (χ1v) is 14.1. The van der Waals surface area contributed by atoms with Crippen LogP contribution >= 0.6 is 0 Å². The number of amides is 2. The van der Waals surface area contributed by atoms with Crippen LogP contribution in [0.1, 0.15) is 111 Å². The molecule has 1 aliphatic heterocycles. The van der Waals surface area contributed by atoms with Gasteiger partial charge in [-0.2, -0.15) is 0 Å². The first-order valence-electron chi connectivity index (χ1n) is 14.1. The number of hydrogen-bond acceptors (Lipinski definition) is 3. The Labute approximate surface area is 210 Å². The molecule has 1 aromatic heterocycles. The van der Waals surface area contributed by atoms with Crippen molar-refractivity contribution in [1.82, 2.24) is 14.4 Å². The van der Waals surface area contributed by atoms with Gasteiger partial charge in [0.25, 0.3) is 11.8 Å². The van der Waals surface area contributed by atoms with E-state index >= 15 is 0 Å². The van der Waals surface area contributed by atoms with E-state index in [2.05, 4.69) is 13.8 Å². The Hall–Kier alpha value is -2.11. The highest BCUT2D eigenvalue weighted by molar-refractivity contribution is 5.99. The number of carbonyl (C=O) groups excluding carboxylic acids is 2. The molecule has 6 nitrogen and oxygen atoms in total. The molecular formula is C29H43N3O3. The highest BCUT2D eigenvalue weighted by Gasteiger charge is 2.51. The Morgan fingerprint density at radius 2 is 1.51 bits per heavy atom. The van der Waals surface area contributed by atoms with Crippen LogP contribution in [-0.2, 0) is 0 Å². The molecule has 4 bridgehead atoms. The standard InChI is InChI=1S/C29H43N3O3/c1-4-20(2)32-17-24(26(33)25(18-32)28(35)31-9-7-5-6-8-10-31)27(34)30(3)19-29-14-21-11-22(15-29)13-23(12-21)16-29/h17-18,20-23H,4-16,19H2,1-3H3/t20-,21?,22?,23?,29?/m0/s1. The van der Waals surface area contributed by atoms with Crippen LogP contribution in [0.25, 0.3) is 0 Å². The molecule has 2 heterocycles. The molecule has 2 amide bonds. The number of rotatable bonds is 6. The van der Waals surface area contributed by atoms with Crippen molar-refractivity contribution in [2.45, 2.75) is 90.5 Å². The Bertz CT molecular complexity index is 985. The average molecular weight is 482 g/mol. The van der Waals surface area contributed by atoms with Crippen molar-refractivity contribution in [1.29, 1.82) is 0 Å². The summed E-state index contributed by atoms with van der Waals surface area (Å²) in [4.78, 5) is 44.4. The topological polar surface area (TPSA) is 62.6 Å². The summed E-state index contributed by atoms with van der Waals surface area (Å²) in [6.07, 6.45) is 16.2. The van der Waals surface area contributed by atoms with Gasteiger partial charge in [-0.05, 0) is 87.9 Å². The first kappa shape index (κ1) is 24.6. The normalized spacial score (nSPS) is 30.7. The molecule has 192 valence electrons. The molecule has 4 aliphatic carbocycles. The molecule has 5 fully saturated rings. The summed E-state index contributed by atoms with van der Waals surface area (Å²) in [6.45, 7) is 6.25. The fourth-order valence-electron chi connectivity index (χ4n) is 8.08. The molecule has 1 aromatic rings. The smallest absolute Gasteiger partial charge is 0.259 e. The molecule has 0 spiro atoms. The summed E-state index contributed by atoms with van der Waals surface area (Å²) in [5.74, 6) is 2.02. The highest BCUT2D eigenvalue weighted by Crippen LogP contribution is 2.60. The second-order valence-electron chi connectivity index (χ2n) is 12.4. The van der Waals surface area contributed by atoms with E-state index in [0.29, 0.717) is 13.1 Å². The van der Waals surface area contributed by atoms with E-state index in [9.17, 15) is 14.4 Å². The van der Waals surface area contributed by atoms with Crippen LogP contribution in [0.2, 0.25) is 0 Å². The second kappa shape index (κ2) is 9.74. The van der Waals surface area contributed by atoms with E-state index in [1.807, 2.05) is 16.5 Å². The van der Waals surface area contributed by atoms with Crippen molar-refractivity contribution in [3.8, 4) is 0 Å². The fourth-order valence-corrected chi connectivity index (χ4v) is 8.08. The molecule has 1 saturated heterocycles. The zero-order chi connectivity index (χ0) is 24.7. The van der Waals surface area contributed by atoms with E-state index in [0.717, 1.165) is 56.4 Å². The zero-order valence-electron chi connectivity index (χ0n) is 21.9. The van der Waals surface area contributed by atoms with Crippen molar-refractivity contribution in [3.05, 3.63) is 33.7 Å². The molecule has 5 aliphatic rings. The summed E-state index contributed by atoms with van der Waals surface area (Å²) in [6, 6.07) is 0.103. The third-order valence-electron chi connectivity index (χ3n) is 9.58. The predicted octanol–water partition coefficient (Wildman–Crippen LogP) is 5.12. The first-order chi connectivity index (χ1) is 16.8. The summed E-state index contributed by atoms with van der Waals surface area (Å²) >= 11 is 0. The van der Waals surface area contributed by atoms with E-state index in [1.165, 1.54) is 38.5 Å². The number of nitrogens with zero attached hydrogens (tertiary/aromatic N) is 3. The lowest BCUT2D eigenvalue weighted by molar-refractivity contribution is -0.0629. The third-order valence-corrected chi connectivity index (χ3v) is 9.58. The Morgan fingerprint density at radius 3 is 2.06 bits per heavy atom. The van der Waals surface area contributed by atoms with E-state index in [-0.39, 0.29) is 34.4 Å². The monoisotopic (exact) mass is 481 g/mol. The Balaban J connectivity index is 1.42. The second-order valence-corrected chi connectivity index (χ2v) is 12.4. The van der Waals surface area contributed by atoms with Crippen LogP contribution < -0.4 is 5.43 Å². The summed E-state index contributed by atoms with van der Waals surface area (Å²) < 4.78 is 1.91. The number of hydrogen-bond donors (Lipinski definition) is 0. The number of aromatic nitrogens is 1. The maximum absolute atomic E-state index is 13.7. The fraction of sp³-hybridized carbons (Fsp3) is 0.759. The maximum atomic E-state index is 13.7. The van der Waals surface area contributed by atoms with Gasteiger partial charge in [0.05, 0.1) is 0 Å². The number of carbonyl (C=O) groups is 2. The Kier molecular flexibility index (Phi) is 6.84. The number of likely N-dealkylation sites (tertiary alicyclic amines) is 1. The summed E-state index contributed by atoms with van der Waals surface area (Å²) in [5.41, 5.74) is 0.120. The van der Waals surface area contributed by atoms with Gasteiger partial charge in [-0.1, -0.05) is 19.8 Å². The van der Waals surface area contributed by atoms with Crippen LogP contribution in [0.15, 0.2) is 17.2 Å². The highest BCUT2D eigenvalue weighted by atomic mass is 16.2. The minimum atomic E-state index is -0.402. The van der Waals surface area contributed by atoms with Gasteiger partial charge in [0.1, 0.15) is 11.1 Å². The largest absolute Gasteiger partial charge is 0.350 e. The van der Waals surface area contributed by atoms with Crippen molar-refractivity contribution in [2.24, 2.45) is 23.2 Å². The quantitative estimate of drug-likeness (QED) is 0.566. The molecule has 0 aromatic carbocycles. The minimum absolute atomic E-state index is 0.103. The third kappa shape index (κ3) is 4.82. The number of pyridine rings is 1. The Morgan fingerprint density at radius 1 is 0.971 bits per heavy atom. The van der Waals surface area contributed by atoms with Gasteiger partial charge in [-0.3, -0.25) is 14.4 Å². The van der Waals surface area contributed by atoms with Gasteiger partial charge in [-0.15, -0.1) is 0 Å². The van der Waals surface area contributed by atoms with E-state index in [4.69, 9.17) is 0 Å². The molecule has 0 radical (unpaired) electrons. The molecule has 35 heavy (non-hydrogen) atoms. The zero-order valence-corrected chi connectivity index (χ0v) is 21.9. The average Bonchev–Trinajstić information content (AvgIpc) is 3.11. The molecule has 6 heteroatoms. The maximum Gasteiger partial charge on any atom is 0.259 e. The molecule has 0 unspecified atom stereocenters. The van der Waals surface area contributed by atoms with Crippen molar-refractivity contribution in [3.63, 3.8) is 0 Å². The molecular weight excluding hydrogens is 438 g/mol. The van der Waals surface area contributed by atoms with Gasteiger partial charge in [0.2, 0.25) is 5.43 Å². The SMILES string of the molecule is CC[C@H](C)n1cc(C(=O)N(C)CC23CC4CC(CC(C4)C2)C3)c(=O)c(C(=O)N2CCCCCC2)c1. The lowest BCUT2D eigenvalue weighted by Crippen LogP contribution is -2.51.